The fourth-order valence-electron chi connectivity index (χ4n) is 1.57. The fraction of sp³-hybridized carbons (Fsp3) is 0.182. The zero-order valence-corrected chi connectivity index (χ0v) is 11.6. The first-order chi connectivity index (χ1) is 7.70. The van der Waals surface area contributed by atoms with Crippen LogP contribution >= 0.6 is 31.9 Å². The average Bonchev–Trinajstić information content (AvgIpc) is 2.69. The van der Waals surface area contributed by atoms with Crippen molar-refractivity contribution < 1.29 is 0 Å². The van der Waals surface area contributed by atoms with Crippen LogP contribution in [-0.2, 0) is 0 Å². The van der Waals surface area contributed by atoms with Gasteiger partial charge >= 0.3 is 0 Å². The Labute approximate surface area is 111 Å². The number of rotatable bonds is 3. The molecule has 0 saturated carbocycles. The van der Waals surface area contributed by atoms with E-state index in [1.807, 2.05) is 23.0 Å². The summed E-state index contributed by atoms with van der Waals surface area (Å²) in [7, 11) is 0. The van der Waals surface area contributed by atoms with Gasteiger partial charge in [-0.15, -0.1) is 0 Å². The molecule has 5 heteroatoms. The summed E-state index contributed by atoms with van der Waals surface area (Å²) in [4.78, 5) is 0. The van der Waals surface area contributed by atoms with E-state index in [2.05, 4.69) is 49.1 Å². The van der Waals surface area contributed by atoms with E-state index in [1.54, 1.807) is 6.20 Å². The number of halogens is 2. The van der Waals surface area contributed by atoms with Gasteiger partial charge in [-0.05, 0) is 33.6 Å². The van der Waals surface area contributed by atoms with Crippen molar-refractivity contribution in [1.82, 2.24) is 9.78 Å². The number of nitrogens with two attached hydrogens (primary N) is 1. The highest BCUT2D eigenvalue weighted by Gasteiger charge is 2.12. The van der Waals surface area contributed by atoms with E-state index in [4.69, 9.17) is 5.73 Å². The standard InChI is InChI=1S/C11H11Br2N3/c12-9-3-1-8(2-4-9)11(5-14)16-7-10(13)6-15-16/h1-4,6-7,11H,5,14H2. The number of aromatic nitrogens is 2. The van der Waals surface area contributed by atoms with Crippen molar-refractivity contribution in [3.05, 3.63) is 51.2 Å². The zero-order valence-electron chi connectivity index (χ0n) is 8.48. The molecule has 0 aliphatic carbocycles. The van der Waals surface area contributed by atoms with E-state index < -0.39 is 0 Å². The number of nitrogens with zero attached hydrogens (tertiary/aromatic N) is 2. The minimum absolute atomic E-state index is 0.0828. The van der Waals surface area contributed by atoms with Crippen LogP contribution in [0.2, 0.25) is 0 Å². The molecule has 1 heterocycles. The molecule has 1 unspecified atom stereocenters. The maximum absolute atomic E-state index is 5.80. The van der Waals surface area contributed by atoms with Crippen LogP contribution in [0.25, 0.3) is 0 Å². The molecule has 3 nitrogen and oxygen atoms in total. The van der Waals surface area contributed by atoms with Gasteiger partial charge in [-0.3, -0.25) is 4.68 Å². The quantitative estimate of drug-likeness (QED) is 0.930. The molecule has 0 saturated heterocycles. The first-order valence-electron chi connectivity index (χ1n) is 4.86. The molecule has 0 aliphatic heterocycles. The van der Waals surface area contributed by atoms with Crippen LogP contribution in [0.1, 0.15) is 11.6 Å². The van der Waals surface area contributed by atoms with E-state index in [9.17, 15) is 0 Å². The Balaban J connectivity index is 2.32. The van der Waals surface area contributed by atoms with Crippen LogP contribution in [0.15, 0.2) is 45.6 Å². The largest absolute Gasteiger partial charge is 0.328 e. The second-order valence-corrected chi connectivity index (χ2v) is 5.27. The van der Waals surface area contributed by atoms with Crippen molar-refractivity contribution in [2.24, 2.45) is 5.73 Å². The molecule has 2 N–H and O–H groups in total. The van der Waals surface area contributed by atoms with E-state index in [0.717, 1.165) is 14.5 Å². The predicted molar refractivity (Wildman–Crippen MR) is 71.3 cm³/mol. The van der Waals surface area contributed by atoms with Gasteiger partial charge in [0.1, 0.15) is 0 Å². The summed E-state index contributed by atoms with van der Waals surface area (Å²) in [5, 5.41) is 4.26. The van der Waals surface area contributed by atoms with Gasteiger partial charge in [0.25, 0.3) is 0 Å². The number of benzene rings is 1. The van der Waals surface area contributed by atoms with Crippen LogP contribution in [-0.4, -0.2) is 16.3 Å². The molecule has 1 aromatic heterocycles. The summed E-state index contributed by atoms with van der Waals surface area (Å²) >= 11 is 6.80. The molecule has 0 amide bonds. The molecule has 0 spiro atoms. The van der Waals surface area contributed by atoms with Gasteiger partial charge in [0.05, 0.1) is 16.7 Å². The van der Waals surface area contributed by atoms with Gasteiger partial charge in [-0.25, -0.2) is 0 Å². The second kappa shape index (κ2) is 5.12. The van der Waals surface area contributed by atoms with Crippen LogP contribution in [0, 0.1) is 0 Å². The number of hydrogen-bond acceptors (Lipinski definition) is 2. The monoisotopic (exact) mass is 343 g/mol. The lowest BCUT2D eigenvalue weighted by Crippen LogP contribution is -2.20. The minimum atomic E-state index is 0.0828. The summed E-state index contributed by atoms with van der Waals surface area (Å²) in [5.74, 6) is 0. The van der Waals surface area contributed by atoms with Crippen LogP contribution in [0.4, 0.5) is 0 Å². The van der Waals surface area contributed by atoms with Crippen molar-refractivity contribution in [1.29, 1.82) is 0 Å². The SMILES string of the molecule is NCC(c1ccc(Br)cc1)n1cc(Br)cn1. The zero-order chi connectivity index (χ0) is 11.5. The highest BCUT2D eigenvalue weighted by Crippen LogP contribution is 2.20. The van der Waals surface area contributed by atoms with Gasteiger partial charge in [0, 0.05) is 17.2 Å². The van der Waals surface area contributed by atoms with Crippen molar-refractivity contribution >= 4 is 31.9 Å². The van der Waals surface area contributed by atoms with Crippen LogP contribution < -0.4 is 5.73 Å². The first kappa shape index (κ1) is 11.8. The van der Waals surface area contributed by atoms with E-state index in [-0.39, 0.29) is 6.04 Å². The summed E-state index contributed by atoms with van der Waals surface area (Å²) in [6.45, 7) is 0.524. The maximum atomic E-state index is 5.80. The van der Waals surface area contributed by atoms with Crippen molar-refractivity contribution in [2.45, 2.75) is 6.04 Å². The third-order valence-corrected chi connectivity index (χ3v) is 3.31. The Morgan fingerprint density at radius 3 is 2.38 bits per heavy atom. The van der Waals surface area contributed by atoms with Gasteiger partial charge in [0.2, 0.25) is 0 Å². The maximum Gasteiger partial charge on any atom is 0.0891 e. The summed E-state index contributed by atoms with van der Waals surface area (Å²) in [5.41, 5.74) is 6.95. The summed E-state index contributed by atoms with van der Waals surface area (Å²) < 4.78 is 3.89. The van der Waals surface area contributed by atoms with Gasteiger partial charge in [-0.2, -0.15) is 5.10 Å². The molecule has 0 bridgehead atoms. The molecular formula is C11H11Br2N3. The Bertz CT molecular complexity index is 464. The second-order valence-electron chi connectivity index (χ2n) is 3.44. The molecule has 1 atom stereocenters. The third-order valence-electron chi connectivity index (χ3n) is 2.37. The van der Waals surface area contributed by atoms with E-state index in [0.29, 0.717) is 6.54 Å². The normalized spacial score (nSPS) is 12.7. The predicted octanol–water partition coefficient (Wildman–Crippen LogP) is 2.96. The third kappa shape index (κ3) is 2.53. The fourth-order valence-corrected chi connectivity index (χ4v) is 2.13. The molecule has 2 aromatic rings. The molecule has 2 rings (SSSR count). The molecular weight excluding hydrogens is 334 g/mol. The lowest BCUT2D eigenvalue weighted by atomic mass is 10.1. The molecule has 0 aliphatic rings. The van der Waals surface area contributed by atoms with Crippen LogP contribution in [0.3, 0.4) is 0 Å². The summed E-state index contributed by atoms with van der Waals surface area (Å²) in [6.07, 6.45) is 3.70. The Morgan fingerprint density at radius 2 is 1.88 bits per heavy atom. The highest BCUT2D eigenvalue weighted by molar-refractivity contribution is 9.10. The Morgan fingerprint density at radius 1 is 1.19 bits per heavy atom. The topological polar surface area (TPSA) is 43.8 Å². The molecule has 16 heavy (non-hydrogen) atoms. The summed E-state index contributed by atoms with van der Waals surface area (Å²) in [6, 6.07) is 8.21. The molecule has 0 fully saturated rings. The smallest absolute Gasteiger partial charge is 0.0891 e. The highest BCUT2D eigenvalue weighted by atomic mass is 79.9. The van der Waals surface area contributed by atoms with Crippen LogP contribution in [0.5, 0.6) is 0 Å². The lowest BCUT2D eigenvalue weighted by molar-refractivity contribution is 0.532. The first-order valence-corrected chi connectivity index (χ1v) is 6.44. The van der Waals surface area contributed by atoms with Gasteiger partial charge in [-0.1, -0.05) is 28.1 Å². The van der Waals surface area contributed by atoms with Crippen molar-refractivity contribution in [2.75, 3.05) is 6.54 Å². The molecule has 1 aromatic carbocycles. The Kier molecular flexibility index (Phi) is 3.78. The Hall–Kier alpha value is -0.650. The minimum Gasteiger partial charge on any atom is -0.328 e. The van der Waals surface area contributed by atoms with Crippen molar-refractivity contribution in [3.8, 4) is 0 Å². The average molecular weight is 345 g/mol. The molecule has 84 valence electrons. The number of hydrogen-bond donors (Lipinski definition) is 1. The van der Waals surface area contributed by atoms with Crippen molar-refractivity contribution in [3.63, 3.8) is 0 Å². The van der Waals surface area contributed by atoms with Gasteiger partial charge < -0.3 is 5.73 Å². The lowest BCUT2D eigenvalue weighted by Gasteiger charge is -2.15. The van der Waals surface area contributed by atoms with E-state index in [1.165, 1.54) is 0 Å². The van der Waals surface area contributed by atoms with Gasteiger partial charge in [0.15, 0.2) is 0 Å². The van der Waals surface area contributed by atoms with E-state index >= 15 is 0 Å². The molecule has 0 radical (unpaired) electrons.